The molecule has 1 N–H and O–H groups in total. The molecule has 0 heterocycles. The summed E-state index contributed by atoms with van der Waals surface area (Å²) in [5, 5.41) is 8.38. The van der Waals surface area contributed by atoms with E-state index >= 15 is 0 Å². The van der Waals surface area contributed by atoms with Crippen LogP contribution in [0.4, 0.5) is 0 Å². The van der Waals surface area contributed by atoms with E-state index in [9.17, 15) is 0 Å². The standard InChI is InChI=1S/Dy.HNO2/c;2-1-3/h;1H. The maximum atomic E-state index is 8.12. The van der Waals surface area contributed by atoms with Crippen molar-refractivity contribution in [3.8, 4) is 0 Å². The zero-order chi connectivity index (χ0) is 2.71. The van der Waals surface area contributed by atoms with Crippen LogP contribution in [0.3, 0.4) is 0 Å². The molecule has 0 amide bonds. The molecular formula is HDyNO2. The normalized spacial score (nSPS) is 3.00. The Bertz CT molecular complexity index is 13.5. The quantitative estimate of drug-likeness (QED) is 0.383. The second-order valence-corrected chi connectivity index (χ2v) is 0.0833. The molecule has 0 atom stereocenters. The van der Waals surface area contributed by atoms with E-state index in [-0.39, 0.29) is 43.5 Å². The van der Waals surface area contributed by atoms with Gasteiger partial charge in [-0.2, -0.15) is 0 Å². The van der Waals surface area contributed by atoms with Crippen molar-refractivity contribution in [2.45, 2.75) is 0 Å². The Labute approximate surface area is 53.3 Å². The number of hydrogen-bond donors (Lipinski definition) is 1. The monoisotopic (exact) mass is 211 g/mol. The van der Waals surface area contributed by atoms with Crippen molar-refractivity contribution in [1.82, 2.24) is 0 Å². The van der Waals surface area contributed by atoms with Crippen molar-refractivity contribution >= 4 is 0 Å². The van der Waals surface area contributed by atoms with Crippen molar-refractivity contribution in [3.63, 3.8) is 0 Å². The van der Waals surface area contributed by atoms with Crippen molar-refractivity contribution in [3.05, 3.63) is 10.1 Å². The molecule has 0 aliphatic carbocycles. The smallest absolute Gasteiger partial charge is 0.00366 e. The molecule has 0 aromatic rings. The molecule has 28 valence electrons. The average molecular weight is 210 g/mol. The molecule has 0 radical (unpaired) electrons. The average Bonchev–Trinajstić information content (AvgIpc) is 0.918. The van der Waals surface area contributed by atoms with Crippen molar-refractivity contribution in [1.29, 1.82) is 0 Å². The fourth-order valence-corrected chi connectivity index (χ4v) is 0. The van der Waals surface area contributed by atoms with Gasteiger partial charge in [0.15, 0.2) is 0 Å². The van der Waals surface area contributed by atoms with Gasteiger partial charge in [-0.25, -0.2) is 0 Å². The zero-order valence-electron chi connectivity index (χ0n) is 1.63. The number of rotatable bonds is 0. The van der Waals surface area contributed by atoms with Gasteiger partial charge in [-0.3, -0.25) is 10.1 Å². The first-order valence-electron chi connectivity index (χ1n) is 0.408. The Morgan fingerprint density at radius 1 is 1.75 bits per heavy atom. The van der Waals surface area contributed by atoms with Crippen molar-refractivity contribution in [2.75, 3.05) is 0 Å². The molecule has 0 fully saturated rings. The van der Waals surface area contributed by atoms with Crippen LogP contribution >= 0.6 is 0 Å². The fraction of sp³-hybridized carbons (Fsp3) is 0. The summed E-state index contributed by atoms with van der Waals surface area (Å²) in [4.78, 5) is 8.12. The summed E-state index contributed by atoms with van der Waals surface area (Å²) >= 11 is 0. The zero-order valence-corrected chi connectivity index (χ0v) is 3.66. The molecule has 0 saturated heterocycles. The minimum Gasteiger partial charge on any atom is -0.267 e. The van der Waals surface area contributed by atoms with Gasteiger partial charge in [0.05, 0.1) is 0 Å². The minimum absolute atomic E-state index is 0. The SMILES string of the molecule is O=[NH+][O-].[Dy]. The summed E-state index contributed by atoms with van der Waals surface area (Å²) in [6.45, 7) is 0. The topological polar surface area (TPSA) is 54.1 Å². The van der Waals surface area contributed by atoms with Crippen LogP contribution in [-0.2, 0) is 0 Å². The maximum Gasteiger partial charge on any atom is 0.00366 e. The van der Waals surface area contributed by atoms with Gasteiger partial charge < -0.3 is 0 Å². The van der Waals surface area contributed by atoms with Crippen LogP contribution in [0.2, 0.25) is 0 Å². The van der Waals surface area contributed by atoms with E-state index in [0.717, 1.165) is 0 Å². The second kappa shape index (κ2) is 9.38. The Hall–Kier alpha value is 0.673. The molecule has 0 aromatic carbocycles. The summed E-state index contributed by atoms with van der Waals surface area (Å²) in [5.74, 6) is 0. The Kier molecular flexibility index (Phi) is 20.7. The van der Waals surface area contributed by atoms with E-state index in [2.05, 4.69) is 0 Å². The number of hydrogen-bond acceptors (Lipinski definition) is 2. The van der Waals surface area contributed by atoms with Crippen LogP contribution in [0, 0.1) is 48.3 Å². The van der Waals surface area contributed by atoms with Gasteiger partial charge in [0.2, 0.25) is 0 Å². The predicted octanol–water partition coefficient (Wildman–Crippen LogP) is -1.67. The molecule has 0 saturated carbocycles. The molecule has 0 rings (SSSR count). The third-order valence-electron chi connectivity index (χ3n) is 0. The first-order valence-corrected chi connectivity index (χ1v) is 0.408. The molecule has 0 aliphatic heterocycles. The first kappa shape index (κ1) is 8.82. The van der Waals surface area contributed by atoms with Gasteiger partial charge in [0.25, 0.3) is 0 Å². The predicted molar refractivity (Wildman–Crippen MR) is 7.70 cm³/mol. The first-order chi connectivity index (χ1) is 1.41. The largest absolute Gasteiger partial charge is 0.267 e. The van der Waals surface area contributed by atoms with E-state index in [0.29, 0.717) is 0 Å². The maximum absolute atomic E-state index is 8.12. The minimum atomic E-state index is 0. The van der Waals surface area contributed by atoms with Gasteiger partial charge in [-0.1, -0.05) is 0 Å². The Morgan fingerprint density at radius 3 is 1.75 bits per heavy atom. The molecule has 3 nitrogen and oxygen atoms in total. The van der Waals surface area contributed by atoms with Crippen molar-refractivity contribution < 1.29 is 43.5 Å². The molecule has 0 aromatic heterocycles. The van der Waals surface area contributed by atoms with E-state index in [4.69, 9.17) is 10.1 Å². The van der Waals surface area contributed by atoms with E-state index in [1.54, 1.807) is 0 Å². The molecule has 0 bridgehead atoms. The van der Waals surface area contributed by atoms with Gasteiger partial charge in [0, 0.05) is 43.5 Å². The Balaban J connectivity index is 0. The van der Waals surface area contributed by atoms with E-state index in [1.165, 1.54) is 0 Å². The molecule has 4 heavy (non-hydrogen) atoms. The van der Waals surface area contributed by atoms with Crippen LogP contribution in [0.5, 0.6) is 0 Å². The summed E-state index contributed by atoms with van der Waals surface area (Å²) < 4.78 is 0. The molecule has 4 heteroatoms. The van der Waals surface area contributed by atoms with Crippen LogP contribution in [-0.4, -0.2) is 0 Å². The third kappa shape index (κ3) is 16.5. The fourth-order valence-electron chi connectivity index (χ4n) is 0. The second-order valence-electron chi connectivity index (χ2n) is 0.0833. The van der Waals surface area contributed by atoms with E-state index in [1.807, 2.05) is 0 Å². The summed E-state index contributed by atoms with van der Waals surface area (Å²) in [6, 6.07) is 0. The van der Waals surface area contributed by atoms with Crippen LogP contribution in [0.15, 0.2) is 0 Å². The molecular weight excluding hydrogens is 209 g/mol. The van der Waals surface area contributed by atoms with Crippen LogP contribution in [0.25, 0.3) is 0 Å². The third-order valence-corrected chi connectivity index (χ3v) is 0. The van der Waals surface area contributed by atoms with Crippen LogP contribution in [0.1, 0.15) is 0 Å². The van der Waals surface area contributed by atoms with Gasteiger partial charge in [-0.05, 0) is 0 Å². The van der Waals surface area contributed by atoms with Gasteiger partial charge in [-0.15, -0.1) is 0 Å². The molecule has 0 unspecified atom stereocenters. The molecule has 0 spiro atoms. The molecule has 0 aliphatic rings. The van der Waals surface area contributed by atoms with Crippen LogP contribution < -0.4 is 5.34 Å². The summed E-state index contributed by atoms with van der Waals surface area (Å²) in [6.07, 6.45) is 0. The Morgan fingerprint density at radius 2 is 1.75 bits per heavy atom. The summed E-state index contributed by atoms with van der Waals surface area (Å²) in [5.41, 5.74) is 0. The van der Waals surface area contributed by atoms with Gasteiger partial charge in [0.1, 0.15) is 0 Å². The van der Waals surface area contributed by atoms with E-state index < -0.39 is 0 Å². The summed E-state index contributed by atoms with van der Waals surface area (Å²) in [7, 11) is 0. The number of nitrogens with one attached hydrogen (secondary N) is 1. The van der Waals surface area contributed by atoms with Gasteiger partial charge >= 0.3 is 0 Å². The van der Waals surface area contributed by atoms with Crippen molar-refractivity contribution in [2.24, 2.45) is 0 Å².